The summed E-state index contributed by atoms with van der Waals surface area (Å²) in [5.41, 5.74) is 3.15. The smallest absolute Gasteiger partial charge is 0.0701 e. The van der Waals surface area contributed by atoms with Gasteiger partial charge in [-0.25, -0.2) is 0 Å². The predicted molar refractivity (Wildman–Crippen MR) is 88.4 cm³/mol. The lowest BCUT2D eigenvalue weighted by Crippen LogP contribution is -2.08. The van der Waals surface area contributed by atoms with Gasteiger partial charge in [-0.15, -0.1) is 0 Å². The summed E-state index contributed by atoms with van der Waals surface area (Å²) in [6.45, 7) is 2.19. The van der Waals surface area contributed by atoms with E-state index in [9.17, 15) is 5.11 Å². The van der Waals surface area contributed by atoms with Crippen LogP contribution in [-0.2, 0) is 6.61 Å². The predicted octanol–water partition coefficient (Wildman–Crippen LogP) is 4.51. The topological polar surface area (TPSA) is 32.3 Å². The van der Waals surface area contributed by atoms with Crippen molar-refractivity contribution in [1.82, 2.24) is 0 Å². The van der Waals surface area contributed by atoms with Crippen LogP contribution in [0.15, 0.2) is 66.7 Å². The van der Waals surface area contributed by atoms with E-state index in [0.29, 0.717) is 0 Å². The first-order chi connectivity index (χ1) is 10.3. The van der Waals surface area contributed by atoms with E-state index >= 15 is 0 Å². The average Bonchev–Trinajstić information content (AvgIpc) is 2.55. The zero-order chi connectivity index (χ0) is 14.7. The van der Waals surface area contributed by atoms with Crippen molar-refractivity contribution in [1.29, 1.82) is 0 Å². The Morgan fingerprint density at radius 1 is 0.905 bits per heavy atom. The molecule has 0 aromatic heterocycles. The minimum Gasteiger partial charge on any atom is -0.392 e. The van der Waals surface area contributed by atoms with Crippen molar-refractivity contribution in [2.75, 3.05) is 5.32 Å². The van der Waals surface area contributed by atoms with Crippen LogP contribution in [0.4, 0.5) is 5.69 Å². The van der Waals surface area contributed by atoms with E-state index in [-0.39, 0.29) is 12.6 Å². The van der Waals surface area contributed by atoms with E-state index in [2.05, 4.69) is 54.7 Å². The molecule has 0 radical (unpaired) electrons. The van der Waals surface area contributed by atoms with Crippen LogP contribution in [0.1, 0.15) is 24.1 Å². The summed E-state index contributed by atoms with van der Waals surface area (Å²) in [5.74, 6) is 0. The summed E-state index contributed by atoms with van der Waals surface area (Å²) in [4.78, 5) is 0. The molecule has 0 amide bonds. The van der Waals surface area contributed by atoms with Crippen molar-refractivity contribution in [2.24, 2.45) is 0 Å². The van der Waals surface area contributed by atoms with Crippen molar-refractivity contribution in [2.45, 2.75) is 19.6 Å². The number of fused-ring (bicyclic) bond motifs is 1. The Bertz CT molecular complexity index is 751. The second kappa shape index (κ2) is 5.98. The number of rotatable bonds is 4. The van der Waals surface area contributed by atoms with Gasteiger partial charge >= 0.3 is 0 Å². The van der Waals surface area contributed by atoms with Gasteiger partial charge in [0, 0.05) is 17.3 Å². The van der Waals surface area contributed by atoms with Gasteiger partial charge < -0.3 is 10.4 Å². The molecular weight excluding hydrogens is 258 g/mol. The zero-order valence-electron chi connectivity index (χ0n) is 12.1. The lowest BCUT2D eigenvalue weighted by molar-refractivity contribution is 0.282. The second-order valence-corrected chi connectivity index (χ2v) is 5.29. The Morgan fingerprint density at radius 2 is 1.62 bits per heavy atom. The highest BCUT2D eigenvalue weighted by Crippen LogP contribution is 2.25. The summed E-state index contributed by atoms with van der Waals surface area (Å²) in [7, 11) is 0. The highest BCUT2D eigenvalue weighted by Gasteiger charge is 2.08. The van der Waals surface area contributed by atoms with Gasteiger partial charge in [0.2, 0.25) is 0 Å². The third-order valence-electron chi connectivity index (χ3n) is 3.83. The number of para-hydroxylation sites is 1. The van der Waals surface area contributed by atoms with Gasteiger partial charge in [-0.1, -0.05) is 54.6 Å². The number of hydrogen-bond donors (Lipinski definition) is 2. The van der Waals surface area contributed by atoms with E-state index in [0.717, 1.165) is 11.3 Å². The lowest BCUT2D eigenvalue weighted by atomic mass is 10.0. The minimum absolute atomic E-state index is 0.0492. The van der Waals surface area contributed by atoms with Crippen LogP contribution in [0.2, 0.25) is 0 Å². The second-order valence-electron chi connectivity index (χ2n) is 5.29. The van der Waals surface area contributed by atoms with Crippen LogP contribution in [0, 0.1) is 0 Å². The van der Waals surface area contributed by atoms with Crippen LogP contribution in [0.25, 0.3) is 10.8 Å². The summed E-state index contributed by atoms with van der Waals surface area (Å²) in [6, 6.07) is 22.9. The monoisotopic (exact) mass is 277 g/mol. The molecule has 0 bridgehead atoms. The fraction of sp³-hybridized carbons (Fsp3) is 0.158. The molecule has 2 N–H and O–H groups in total. The fourth-order valence-electron chi connectivity index (χ4n) is 2.59. The van der Waals surface area contributed by atoms with Gasteiger partial charge in [0.15, 0.2) is 0 Å². The van der Waals surface area contributed by atoms with Crippen molar-refractivity contribution in [3.05, 3.63) is 77.9 Å². The molecule has 0 aliphatic carbocycles. The normalized spacial score (nSPS) is 12.3. The molecule has 1 atom stereocenters. The van der Waals surface area contributed by atoms with Crippen LogP contribution in [-0.4, -0.2) is 5.11 Å². The first-order valence-corrected chi connectivity index (χ1v) is 7.22. The number of aliphatic hydroxyl groups excluding tert-OH is 1. The van der Waals surface area contributed by atoms with Gasteiger partial charge in [-0.05, 0) is 35.4 Å². The first-order valence-electron chi connectivity index (χ1n) is 7.22. The fourth-order valence-corrected chi connectivity index (χ4v) is 2.59. The van der Waals surface area contributed by atoms with Crippen LogP contribution >= 0.6 is 0 Å². The summed E-state index contributed by atoms with van der Waals surface area (Å²) < 4.78 is 0. The Labute approximate surface area is 125 Å². The van der Waals surface area contributed by atoms with Crippen LogP contribution in [0.5, 0.6) is 0 Å². The van der Waals surface area contributed by atoms with E-state index in [4.69, 9.17) is 0 Å². The number of aliphatic hydroxyl groups is 1. The first kappa shape index (κ1) is 13.7. The molecule has 0 saturated heterocycles. The molecule has 2 nitrogen and oxygen atoms in total. The Morgan fingerprint density at radius 3 is 2.43 bits per heavy atom. The van der Waals surface area contributed by atoms with Gasteiger partial charge in [0.05, 0.1) is 6.61 Å². The Kier molecular flexibility index (Phi) is 3.89. The molecule has 0 heterocycles. The van der Waals surface area contributed by atoms with Crippen LogP contribution in [0.3, 0.4) is 0 Å². The third kappa shape index (κ3) is 2.91. The van der Waals surface area contributed by atoms with E-state index < -0.39 is 0 Å². The van der Waals surface area contributed by atoms with Gasteiger partial charge in [0.1, 0.15) is 0 Å². The maximum Gasteiger partial charge on any atom is 0.0701 e. The summed E-state index contributed by atoms with van der Waals surface area (Å²) >= 11 is 0. The molecule has 21 heavy (non-hydrogen) atoms. The molecule has 0 fully saturated rings. The van der Waals surface area contributed by atoms with E-state index in [1.807, 2.05) is 24.3 Å². The molecule has 3 rings (SSSR count). The van der Waals surface area contributed by atoms with Gasteiger partial charge in [0.25, 0.3) is 0 Å². The van der Waals surface area contributed by atoms with Crippen molar-refractivity contribution < 1.29 is 5.11 Å². The molecule has 2 heteroatoms. The minimum atomic E-state index is 0.0492. The molecular formula is C19H19NO. The zero-order valence-corrected chi connectivity index (χ0v) is 12.1. The Hall–Kier alpha value is -2.32. The quantitative estimate of drug-likeness (QED) is 0.735. The molecule has 0 aliphatic rings. The largest absolute Gasteiger partial charge is 0.392 e. The van der Waals surface area contributed by atoms with Crippen molar-refractivity contribution in [3.8, 4) is 0 Å². The standard InChI is InChI=1S/C19H19NO/c1-14(20-19-9-5-4-8-18(19)13-21)16-11-10-15-6-2-3-7-17(15)12-16/h2-12,14,20-21H,13H2,1H3. The van der Waals surface area contributed by atoms with Gasteiger partial charge in [-0.2, -0.15) is 0 Å². The average molecular weight is 277 g/mol. The molecule has 0 aliphatic heterocycles. The maximum absolute atomic E-state index is 9.40. The SMILES string of the molecule is CC(Nc1ccccc1CO)c1ccc2ccccc2c1. The molecule has 3 aromatic rings. The third-order valence-corrected chi connectivity index (χ3v) is 3.83. The van der Waals surface area contributed by atoms with Crippen molar-refractivity contribution in [3.63, 3.8) is 0 Å². The highest BCUT2D eigenvalue weighted by atomic mass is 16.3. The molecule has 0 saturated carbocycles. The molecule has 1 unspecified atom stereocenters. The van der Waals surface area contributed by atoms with E-state index in [1.54, 1.807) is 0 Å². The van der Waals surface area contributed by atoms with Gasteiger partial charge in [-0.3, -0.25) is 0 Å². The number of benzene rings is 3. The summed E-state index contributed by atoms with van der Waals surface area (Å²) in [6.07, 6.45) is 0. The number of hydrogen-bond acceptors (Lipinski definition) is 2. The number of anilines is 1. The molecule has 0 spiro atoms. The number of nitrogens with one attached hydrogen (secondary N) is 1. The highest BCUT2D eigenvalue weighted by molar-refractivity contribution is 5.83. The Balaban J connectivity index is 1.88. The molecule has 106 valence electrons. The summed E-state index contributed by atoms with van der Waals surface area (Å²) in [5, 5.41) is 15.4. The van der Waals surface area contributed by atoms with E-state index in [1.165, 1.54) is 16.3 Å². The van der Waals surface area contributed by atoms with Crippen LogP contribution < -0.4 is 5.32 Å². The lowest BCUT2D eigenvalue weighted by Gasteiger charge is -2.18. The maximum atomic E-state index is 9.40. The molecule has 3 aromatic carbocycles. The van der Waals surface area contributed by atoms with Crippen molar-refractivity contribution >= 4 is 16.5 Å².